The van der Waals surface area contributed by atoms with Crippen LogP contribution in [0.1, 0.15) is 28.7 Å². The molecule has 5 nitrogen and oxygen atoms in total. The van der Waals surface area contributed by atoms with Crippen molar-refractivity contribution < 1.29 is 14.4 Å². The first-order chi connectivity index (χ1) is 6.56. The minimum Gasteiger partial charge on any atom is -0.394 e. The summed E-state index contributed by atoms with van der Waals surface area (Å²) in [6.07, 6.45) is 0. The largest absolute Gasteiger partial charge is 0.394 e. The minimum atomic E-state index is -0.267. The maximum atomic E-state index is 11.6. The van der Waals surface area contributed by atoms with Gasteiger partial charge in [-0.15, -0.1) is 0 Å². The molecule has 1 rings (SSSR count). The highest BCUT2D eigenvalue weighted by molar-refractivity contribution is 5.96. The number of aliphatic hydroxyl groups is 1. The van der Waals surface area contributed by atoms with E-state index in [0.717, 1.165) is 0 Å². The third kappa shape index (κ3) is 2.11. The molecule has 1 heterocycles. The van der Waals surface area contributed by atoms with E-state index in [1.54, 1.807) is 20.8 Å². The number of rotatable bonds is 3. The topological polar surface area (TPSA) is 75.4 Å². The van der Waals surface area contributed by atoms with Gasteiger partial charge in [-0.3, -0.25) is 4.79 Å². The summed E-state index contributed by atoms with van der Waals surface area (Å²) in [5, 5.41) is 15.1. The van der Waals surface area contributed by atoms with Crippen LogP contribution in [-0.2, 0) is 0 Å². The number of amides is 1. The molecule has 0 aliphatic rings. The van der Waals surface area contributed by atoms with Gasteiger partial charge >= 0.3 is 0 Å². The lowest BCUT2D eigenvalue weighted by Gasteiger charge is -2.09. The van der Waals surface area contributed by atoms with E-state index in [-0.39, 0.29) is 18.6 Å². The second-order valence-corrected chi connectivity index (χ2v) is 3.26. The Morgan fingerprint density at radius 2 is 2.29 bits per heavy atom. The van der Waals surface area contributed by atoms with Crippen LogP contribution in [-0.4, -0.2) is 28.8 Å². The Labute approximate surface area is 82.1 Å². The van der Waals surface area contributed by atoms with E-state index in [1.165, 1.54) is 0 Å². The van der Waals surface area contributed by atoms with Gasteiger partial charge in [0.05, 0.1) is 12.3 Å². The van der Waals surface area contributed by atoms with E-state index in [2.05, 4.69) is 10.5 Å². The van der Waals surface area contributed by atoms with Gasteiger partial charge in [-0.05, 0) is 20.8 Å². The van der Waals surface area contributed by atoms with Crippen LogP contribution >= 0.6 is 0 Å². The number of nitrogens with zero attached hydrogens (tertiary/aromatic N) is 1. The summed E-state index contributed by atoms with van der Waals surface area (Å²) in [7, 11) is 0. The third-order valence-corrected chi connectivity index (χ3v) is 1.91. The molecular formula is C9H14N2O3. The molecule has 0 fully saturated rings. The van der Waals surface area contributed by atoms with E-state index in [4.69, 9.17) is 9.63 Å². The fourth-order valence-corrected chi connectivity index (χ4v) is 1.15. The summed E-state index contributed by atoms with van der Waals surface area (Å²) in [6, 6.07) is -0.267. The Balaban J connectivity index is 2.79. The molecule has 1 aromatic rings. The fraction of sp³-hybridized carbons (Fsp3) is 0.556. The fourth-order valence-electron chi connectivity index (χ4n) is 1.15. The monoisotopic (exact) mass is 198 g/mol. The van der Waals surface area contributed by atoms with Crippen LogP contribution in [0.4, 0.5) is 0 Å². The van der Waals surface area contributed by atoms with Crippen molar-refractivity contribution in [3.05, 3.63) is 17.0 Å². The summed E-state index contributed by atoms with van der Waals surface area (Å²) in [4.78, 5) is 11.6. The molecule has 0 radical (unpaired) electrons. The molecular weight excluding hydrogens is 184 g/mol. The zero-order chi connectivity index (χ0) is 10.7. The molecule has 0 bridgehead atoms. The Kier molecular flexibility index (Phi) is 3.24. The van der Waals surface area contributed by atoms with Crippen molar-refractivity contribution in [3.63, 3.8) is 0 Å². The normalized spacial score (nSPS) is 12.6. The number of carbonyl (C=O) groups excluding carboxylic acids is 1. The van der Waals surface area contributed by atoms with E-state index < -0.39 is 0 Å². The van der Waals surface area contributed by atoms with Gasteiger partial charge in [-0.1, -0.05) is 5.16 Å². The van der Waals surface area contributed by atoms with Gasteiger partial charge in [0, 0.05) is 6.04 Å². The second kappa shape index (κ2) is 4.23. The molecule has 0 aliphatic heterocycles. The highest BCUT2D eigenvalue weighted by atomic mass is 16.5. The van der Waals surface area contributed by atoms with Crippen molar-refractivity contribution >= 4 is 5.91 Å². The number of hydrogen-bond donors (Lipinski definition) is 2. The predicted octanol–water partition coefficient (Wildman–Crippen LogP) is 0.402. The van der Waals surface area contributed by atoms with E-state index in [1.807, 2.05) is 0 Å². The van der Waals surface area contributed by atoms with Gasteiger partial charge < -0.3 is 14.9 Å². The second-order valence-electron chi connectivity index (χ2n) is 3.26. The van der Waals surface area contributed by atoms with Crippen LogP contribution in [0.15, 0.2) is 4.52 Å². The Morgan fingerprint density at radius 1 is 1.64 bits per heavy atom. The number of aliphatic hydroxyl groups excluding tert-OH is 1. The quantitative estimate of drug-likeness (QED) is 0.737. The van der Waals surface area contributed by atoms with Crippen LogP contribution < -0.4 is 5.32 Å². The first-order valence-electron chi connectivity index (χ1n) is 4.40. The standard InChI is InChI=1S/C9H14N2O3/c1-5(4-12)10-9(13)8-6(2)11-14-7(8)3/h5,12H,4H2,1-3H3,(H,10,13)/t5-/m1/s1. The molecule has 1 aromatic heterocycles. The summed E-state index contributed by atoms with van der Waals surface area (Å²) < 4.78 is 4.86. The molecule has 78 valence electrons. The van der Waals surface area contributed by atoms with Crippen molar-refractivity contribution in [2.75, 3.05) is 6.61 Å². The molecule has 1 atom stereocenters. The lowest BCUT2D eigenvalue weighted by Crippen LogP contribution is -2.35. The molecule has 1 amide bonds. The van der Waals surface area contributed by atoms with Gasteiger partial charge in [0.1, 0.15) is 11.3 Å². The van der Waals surface area contributed by atoms with Gasteiger partial charge in [0.25, 0.3) is 5.91 Å². The summed E-state index contributed by atoms with van der Waals surface area (Å²) in [6.45, 7) is 5.01. The molecule has 5 heteroatoms. The van der Waals surface area contributed by atoms with Crippen LogP contribution in [0.2, 0.25) is 0 Å². The molecule has 0 unspecified atom stereocenters. The first kappa shape index (κ1) is 10.7. The maximum absolute atomic E-state index is 11.6. The average molecular weight is 198 g/mol. The molecule has 0 spiro atoms. The summed E-state index contributed by atoms with van der Waals surface area (Å²) >= 11 is 0. The highest BCUT2D eigenvalue weighted by Crippen LogP contribution is 2.11. The number of carbonyl (C=O) groups is 1. The smallest absolute Gasteiger partial charge is 0.257 e. The van der Waals surface area contributed by atoms with E-state index in [9.17, 15) is 4.79 Å². The third-order valence-electron chi connectivity index (χ3n) is 1.91. The Morgan fingerprint density at radius 3 is 2.71 bits per heavy atom. The van der Waals surface area contributed by atoms with Crippen molar-refractivity contribution in [1.82, 2.24) is 10.5 Å². The molecule has 0 aromatic carbocycles. The minimum absolute atomic E-state index is 0.0882. The van der Waals surface area contributed by atoms with Crippen molar-refractivity contribution in [1.29, 1.82) is 0 Å². The first-order valence-corrected chi connectivity index (χ1v) is 4.40. The van der Waals surface area contributed by atoms with Gasteiger partial charge in [-0.2, -0.15) is 0 Å². The molecule has 0 saturated carbocycles. The van der Waals surface area contributed by atoms with E-state index >= 15 is 0 Å². The van der Waals surface area contributed by atoms with Gasteiger partial charge in [0.15, 0.2) is 0 Å². The van der Waals surface area contributed by atoms with Crippen molar-refractivity contribution in [2.45, 2.75) is 26.8 Å². The Hall–Kier alpha value is -1.36. The SMILES string of the molecule is Cc1noc(C)c1C(=O)N[C@H](C)CO. The molecule has 0 saturated heterocycles. The highest BCUT2D eigenvalue weighted by Gasteiger charge is 2.18. The number of nitrogens with one attached hydrogen (secondary N) is 1. The van der Waals surface area contributed by atoms with Crippen molar-refractivity contribution in [3.8, 4) is 0 Å². The maximum Gasteiger partial charge on any atom is 0.257 e. The predicted molar refractivity (Wildman–Crippen MR) is 50.0 cm³/mol. The van der Waals surface area contributed by atoms with Crippen LogP contribution in [0.5, 0.6) is 0 Å². The molecule has 2 N–H and O–H groups in total. The van der Waals surface area contributed by atoms with Crippen LogP contribution in [0.25, 0.3) is 0 Å². The Bertz CT molecular complexity index is 313. The number of aromatic nitrogens is 1. The molecule has 14 heavy (non-hydrogen) atoms. The average Bonchev–Trinajstić information content (AvgIpc) is 2.46. The van der Waals surface area contributed by atoms with Crippen molar-refractivity contribution in [2.24, 2.45) is 0 Å². The zero-order valence-corrected chi connectivity index (χ0v) is 8.50. The van der Waals surface area contributed by atoms with Gasteiger partial charge in [-0.25, -0.2) is 0 Å². The van der Waals surface area contributed by atoms with Gasteiger partial charge in [0.2, 0.25) is 0 Å². The lowest BCUT2D eigenvalue weighted by molar-refractivity contribution is 0.0920. The lowest BCUT2D eigenvalue weighted by atomic mass is 10.2. The zero-order valence-electron chi connectivity index (χ0n) is 8.50. The molecule has 0 aliphatic carbocycles. The van der Waals surface area contributed by atoms with E-state index in [0.29, 0.717) is 17.0 Å². The summed E-state index contributed by atoms with van der Waals surface area (Å²) in [5.41, 5.74) is 1.01. The van der Waals surface area contributed by atoms with Crippen LogP contribution in [0.3, 0.4) is 0 Å². The summed E-state index contributed by atoms with van der Waals surface area (Å²) in [5.74, 6) is 0.230. The number of hydrogen-bond acceptors (Lipinski definition) is 4. The van der Waals surface area contributed by atoms with Crippen LogP contribution in [0, 0.1) is 13.8 Å². The number of aryl methyl sites for hydroxylation is 2.